The standard InChI is InChI=1S/C27H32N2O6/c1-18(10-11-24(30)29-14-12-27(34,13-15-29)25(31)32)16-28-26(33)35-17-23-21-8-4-2-6-19(21)20-7-3-5-9-22(20)23/h2-9,18,23,34H,10-17H2,1H3,(H,28,33)(H,31,32). The van der Waals surface area contributed by atoms with Crippen LogP contribution in [0.2, 0.25) is 0 Å². The molecule has 1 saturated heterocycles. The van der Waals surface area contributed by atoms with Gasteiger partial charge in [-0.25, -0.2) is 9.59 Å². The summed E-state index contributed by atoms with van der Waals surface area (Å²) in [4.78, 5) is 37.5. The zero-order chi connectivity index (χ0) is 25.0. The van der Waals surface area contributed by atoms with Crippen LogP contribution < -0.4 is 5.32 Å². The lowest BCUT2D eigenvalue weighted by molar-refractivity contribution is -0.165. The van der Waals surface area contributed by atoms with Crippen molar-refractivity contribution in [3.63, 3.8) is 0 Å². The van der Waals surface area contributed by atoms with E-state index in [9.17, 15) is 19.5 Å². The van der Waals surface area contributed by atoms with Gasteiger partial charge < -0.3 is 25.2 Å². The van der Waals surface area contributed by atoms with Crippen molar-refractivity contribution in [1.82, 2.24) is 10.2 Å². The fourth-order valence-corrected chi connectivity index (χ4v) is 4.88. The zero-order valence-electron chi connectivity index (χ0n) is 19.9. The maximum absolute atomic E-state index is 12.5. The summed E-state index contributed by atoms with van der Waals surface area (Å²) in [6.45, 7) is 3.06. The Morgan fingerprint density at radius 2 is 1.63 bits per heavy atom. The average Bonchev–Trinajstić information content (AvgIpc) is 3.19. The lowest BCUT2D eigenvalue weighted by atomic mass is 9.91. The molecule has 3 N–H and O–H groups in total. The molecule has 1 atom stereocenters. The Morgan fingerprint density at radius 3 is 2.20 bits per heavy atom. The Hall–Kier alpha value is -3.39. The smallest absolute Gasteiger partial charge is 0.407 e. The number of hydrogen-bond donors (Lipinski definition) is 3. The summed E-state index contributed by atoms with van der Waals surface area (Å²) >= 11 is 0. The molecule has 1 aliphatic carbocycles. The Bertz CT molecular complexity index is 1050. The lowest BCUT2D eigenvalue weighted by Gasteiger charge is -2.35. The number of nitrogens with zero attached hydrogens (tertiary/aromatic N) is 1. The van der Waals surface area contributed by atoms with E-state index in [4.69, 9.17) is 9.84 Å². The van der Waals surface area contributed by atoms with Gasteiger partial charge in [-0.2, -0.15) is 0 Å². The predicted octanol–water partition coefficient (Wildman–Crippen LogP) is 3.38. The molecule has 2 aromatic carbocycles. The van der Waals surface area contributed by atoms with Gasteiger partial charge in [0, 0.05) is 44.8 Å². The van der Waals surface area contributed by atoms with Gasteiger partial charge in [0.2, 0.25) is 5.91 Å². The first kappa shape index (κ1) is 24.7. The first-order valence-electron chi connectivity index (χ1n) is 12.1. The van der Waals surface area contributed by atoms with Crippen molar-refractivity contribution in [2.24, 2.45) is 5.92 Å². The number of carboxylic acids is 1. The van der Waals surface area contributed by atoms with Crippen LogP contribution in [0.15, 0.2) is 48.5 Å². The number of alkyl carbamates (subject to hydrolysis) is 1. The number of carboxylic acid groups (broad SMARTS) is 1. The minimum Gasteiger partial charge on any atom is -0.479 e. The van der Waals surface area contributed by atoms with Crippen molar-refractivity contribution in [2.75, 3.05) is 26.2 Å². The third-order valence-corrected chi connectivity index (χ3v) is 7.13. The fourth-order valence-electron chi connectivity index (χ4n) is 4.88. The molecule has 8 nitrogen and oxygen atoms in total. The Balaban J connectivity index is 1.19. The molecule has 1 aliphatic heterocycles. The molecule has 0 aromatic heterocycles. The van der Waals surface area contributed by atoms with E-state index in [2.05, 4.69) is 29.6 Å². The Labute approximate surface area is 204 Å². The molecule has 2 amide bonds. The van der Waals surface area contributed by atoms with Crippen molar-refractivity contribution in [1.29, 1.82) is 0 Å². The molecule has 0 bridgehead atoms. The molecule has 35 heavy (non-hydrogen) atoms. The van der Waals surface area contributed by atoms with E-state index in [1.165, 1.54) is 11.1 Å². The number of ether oxygens (including phenoxy) is 1. The number of carbonyl (C=O) groups is 3. The van der Waals surface area contributed by atoms with Crippen molar-refractivity contribution in [3.8, 4) is 11.1 Å². The molecule has 0 radical (unpaired) electrons. The average molecular weight is 481 g/mol. The number of fused-ring (bicyclic) bond motifs is 3. The van der Waals surface area contributed by atoms with Gasteiger partial charge in [0.25, 0.3) is 0 Å². The topological polar surface area (TPSA) is 116 Å². The summed E-state index contributed by atoms with van der Waals surface area (Å²) in [5, 5.41) is 21.9. The summed E-state index contributed by atoms with van der Waals surface area (Å²) in [7, 11) is 0. The van der Waals surface area contributed by atoms with Crippen LogP contribution in [0.4, 0.5) is 4.79 Å². The SMILES string of the molecule is CC(CCC(=O)N1CCC(O)(C(=O)O)CC1)CNC(=O)OCC1c2ccccc2-c2ccccc21. The Morgan fingerprint density at radius 1 is 1.06 bits per heavy atom. The number of nitrogens with one attached hydrogen (secondary N) is 1. The van der Waals surface area contributed by atoms with Gasteiger partial charge in [0.05, 0.1) is 0 Å². The number of aliphatic hydroxyl groups is 1. The van der Waals surface area contributed by atoms with Crippen LogP contribution in [0, 0.1) is 5.92 Å². The van der Waals surface area contributed by atoms with Crippen LogP contribution in [0.5, 0.6) is 0 Å². The molecule has 0 saturated carbocycles. The number of amides is 2. The molecule has 2 aromatic rings. The van der Waals surface area contributed by atoms with Crippen LogP contribution >= 0.6 is 0 Å². The molecule has 1 unspecified atom stereocenters. The summed E-state index contributed by atoms with van der Waals surface area (Å²) in [6, 6.07) is 16.3. The largest absolute Gasteiger partial charge is 0.479 e. The van der Waals surface area contributed by atoms with E-state index < -0.39 is 17.7 Å². The minimum absolute atomic E-state index is 0.00604. The van der Waals surface area contributed by atoms with Crippen LogP contribution in [-0.4, -0.2) is 64.9 Å². The fraction of sp³-hybridized carbons (Fsp3) is 0.444. The van der Waals surface area contributed by atoms with Gasteiger partial charge in [0.1, 0.15) is 6.61 Å². The third kappa shape index (κ3) is 5.48. The number of rotatable bonds is 8. The molecule has 1 heterocycles. The molecule has 186 valence electrons. The molecule has 1 fully saturated rings. The predicted molar refractivity (Wildman–Crippen MR) is 130 cm³/mol. The molecule has 0 spiro atoms. The first-order valence-corrected chi connectivity index (χ1v) is 12.1. The van der Waals surface area contributed by atoms with Gasteiger partial charge >= 0.3 is 12.1 Å². The van der Waals surface area contributed by atoms with Crippen molar-refractivity contribution in [2.45, 2.75) is 44.1 Å². The summed E-state index contributed by atoms with van der Waals surface area (Å²) in [5.74, 6) is -1.23. The first-order chi connectivity index (χ1) is 16.8. The molecule has 4 rings (SSSR count). The van der Waals surface area contributed by atoms with E-state index in [1.54, 1.807) is 4.90 Å². The van der Waals surface area contributed by atoms with Crippen molar-refractivity contribution < 1.29 is 29.3 Å². The third-order valence-electron chi connectivity index (χ3n) is 7.13. The van der Waals surface area contributed by atoms with Crippen LogP contribution in [0.1, 0.15) is 49.7 Å². The highest BCUT2D eigenvalue weighted by Gasteiger charge is 2.40. The second-order valence-corrected chi connectivity index (χ2v) is 9.57. The quantitative estimate of drug-likeness (QED) is 0.533. The lowest BCUT2D eigenvalue weighted by Crippen LogP contribution is -2.50. The molecule has 8 heteroatoms. The number of carbonyl (C=O) groups excluding carboxylic acids is 2. The van der Waals surface area contributed by atoms with Crippen molar-refractivity contribution in [3.05, 3.63) is 59.7 Å². The van der Waals surface area contributed by atoms with Crippen LogP contribution in [-0.2, 0) is 14.3 Å². The second-order valence-electron chi connectivity index (χ2n) is 9.57. The minimum atomic E-state index is -1.74. The summed E-state index contributed by atoms with van der Waals surface area (Å²) in [6.07, 6.45) is 0.482. The number of likely N-dealkylation sites (tertiary alicyclic amines) is 1. The Kier molecular flexibility index (Phi) is 7.40. The van der Waals surface area contributed by atoms with E-state index in [0.717, 1.165) is 11.1 Å². The highest BCUT2D eigenvalue weighted by Crippen LogP contribution is 2.44. The maximum Gasteiger partial charge on any atom is 0.407 e. The number of hydrogen-bond acceptors (Lipinski definition) is 5. The molecule has 2 aliphatic rings. The van der Waals surface area contributed by atoms with Gasteiger partial charge in [-0.1, -0.05) is 55.5 Å². The van der Waals surface area contributed by atoms with Gasteiger partial charge in [-0.05, 0) is 34.6 Å². The summed E-state index contributed by atoms with van der Waals surface area (Å²) in [5.41, 5.74) is 2.94. The number of aliphatic carboxylic acids is 1. The zero-order valence-corrected chi connectivity index (χ0v) is 19.9. The molecular weight excluding hydrogens is 448 g/mol. The number of benzene rings is 2. The van der Waals surface area contributed by atoms with E-state index in [-0.39, 0.29) is 50.3 Å². The highest BCUT2D eigenvalue weighted by molar-refractivity contribution is 5.80. The van der Waals surface area contributed by atoms with E-state index in [0.29, 0.717) is 19.4 Å². The van der Waals surface area contributed by atoms with Gasteiger partial charge in [0.15, 0.2) is 5.60 Å². The van der Waals surface area contributed by atoms with Gasteiger partial charge in [-0.3, -0.25) is 4.79 Å². The van der Waals surface area contributed by atoms with E-state index in [1.807, 2.05) is 31.2 Å². The molecular formula is C27H32N2O6. The highest BCUT2D eigenvalue weighted by atomic mass is 16.5. The van der Waals surface area contributed by atoms with E-state index >= 15 is 0 Å². The maximum atomic E-state index is 12.5. The normalized spacial score (nSPS) is 17.3. The van der Waals surface area contributed by atoms with Gasteiger partial charge in [-0.15, -0.1) is 0 Å². The van der Waals surface area contributed by atoms with Crippen molar-refractivity contribution >= 4 is 18.0 Å². The monoisotopic (exact) mass is 480 g/mol. The number of piperidine rings is 1. The summed E-state index contributed by atoms with van der Waals surface area (Å²) < 4.78 is 5.55. The van der Waals surface area contributed by atoms with Crippen LogP contribution in [0.3, 0.4) is 0 Å². The second kappa shape index (κ2) is 10.5. The van der Waals surface area contributed by atoms with Crippen LogP contribution in [0.25, 0.3) is 11.1 Å².